The molecule has 1 fully saturated rings. The summed E-state index contributed by atoms with van der Waals surface area (Å²) in [4.78, 5) is 20.3. The molecular weight excluding hydrogens is 623 g/mol. The van der Waals surface area contributed by atoms with E-state index in [4.69, 9.17) is 14.7 Å². The maximum absolute atomic E-state index is 15.6. The second-order valence-corrected chi connectivity index (χ2v) is 11.8. The average Bonchev–Trinajstić information content (AvgIpc) is 3.56. The van der Waals surface area contributed by atoms with Crippen LogP contribution in [0.25, 0.3) is 22.3 Å². The number of nitriles is 1. The van der Waals surface area contributed by atoms with Gasteiger partial charge in [-0.15, -0.1) is 0 Å². The van der Waals surface area contributed by atoms with Crippen LogP contribution in [0.1, 0.15) is 52.8 Å². The number of carboxylic acid groups (broad SMARTS) is 1. The lowest BCUT2D eigenvalue weighted by molar-refractivity contribution is 0.0697. The van der Waals surface area contributed by atoms with Gasteiger partial charge in [-0.1, -0.05) is 13.8 Å². The van der Waals surface area contributed by atoms with Gasteiger partial charge in [0.25, 0.3) is 5.88 Å². The van der Waals surface area contributed by atoms with Crippen molar-refractivity contribution in [3.05, 3.63) is 112 Å². The van der Waals surface area contributed by atoms with Crippen LogP contribution < -0.4 is 4.74 Å². The van der Waals surface area contributed by atoms with Crippen molar-refractivity contribution in [3.8, 4) is 23.2 Å². The van der Waals surface area contributed by atoms with E-state index in [2.05, 4.69) is 9.97 Å². The Morgan fingerprint density at radius 3 is 2.43 bits per heavy atom. The average molecular weight is 649 g/mol. The molecule has 0 bridgehead atoms. The zero-order valence-electron chi connectivity index (χ0n) is 25.0. The normalized spacial score (nSPS) is 15.6. The van der Waals surface area contributed by atoms with E-state index in [1.807, 2.05) is 18.4 Å². The van der Waals surface area contributed by atoms with Gasteiger partial charge in [-0.25, -0.2) is 36.7 Å². The Morgan fingerprint density at radius 2 is 1.72 bits per heavy atom. The van der Waals surface area contributed by atoms with Crippen LogP contribution in [-0.2, 0) is 17.8 Å². The molecule has 47 heavy (non-hydrogen) atoms. The van der Waals surface area contributed by atoms with Gasteiger partial charge in [0.05, 0.1) is 47.1 Å². The summed E-state index contributed by atoms with van der Waals surface area (Å²) in [6.07, 6.45) is -0.148. The zero-order chi connectivity index (χ0) is 33.6. The highest BCUT2D eigenvalue weighted by atomic mass is 19.1. The van der Waals surface area contributed by atoms with E-state index >= 15 is 8.78 Å². The number of carbonyl (C=O) groups is 1. The van der Waals surface area contributed by atoms with E-state index < -0.39 is 53.1 Å². The number of pyridine rings is 1. The molecule has 1 atom stereocenters. The summed E-state index contributed by atoms with van der Waals surface area (Å²) >= 11 is 0. The van der Waals surface area contributed by atoms with Crippen molar-refractivity contribution in [3.63, 3.8) is 0 Å². The molecule has 0 amide bonds. The number of hydrogen-bond donors (Lipinski definition) is 1. The fourth-order valence-electron chi connectivity index (χ4n) is 5.62. The fraction of sp³-hybridized carbons (Fsp3) is 0.235. The van der Waals surface area contributed by atoms with Gasteiger partial charge in [0, 0.05) is 23.0 Å². The first-order chi connectivity index (χ1) is 22.4. The Balaban J connectivity index is 1.32. The molecule has 240 valence electrons. The van der Waals surface area contributed by atoms with E-state index in [1.54, 1.807) is 6.07 Å². The molecule has 1 saturated heterocycles. The third-order valence-electron chi connectivity index (χ3n) is 8.17. The Morgan fingerprint density at radius 1 is 0.979 bits per heavy atom. The van der Waals surface area contributed by atoms with Crippen LogP contribution in [0, 0.1) is 45.8 Å². The summed E-state index contributed by atoms with van der Waals surface area (Å²) in [5, 5.41) is 18.4. The Bertz CT molecular complexity index is 2110. The van der Waals surface area contributed by atoms with Gasteiger partial charge in [0.1, 0.15) is 41.8 Å². The standard InChI is InChI=1S/C34H25F5N4O4/c1-34(2)16-46-15-30(34)43-29-10-17(33(44)45)3-5-28(29)41-31(43)11-18-7-26(39)21(12-25(18)38)27-6-4-22(35)32(42-27)47-14-20-9-23(36)19(13-40)8-24(20)37/h3-10,12,30H,11,14-16H2,1-2H3,(H,44,45). The van der Waals surface area contributed by atoms with Crippen LogP contribution in [0.15, 0.2) is 54.6 Å². The molecule has 8 nitrogen and oxygen atoms in total. The SMILES string of the molecule is CC1(C)COCC1n1c(Cc2cc(F)c(-c3ccc(F)c(OCc4cc(F)c(C#N)cc4F)n3)cc2F)nc2ccc(C(=O)O)cc21. The number of benzene rings is 3. The number of imidazole rings is 1. The van der Waals surface area contributed by atoms with E-state index in [1.165, 1.54) is 18.2 Å². The van der Waals surface area contributed by atoms with Crippen LogP contribution in [0.3, 0.4) is 0 Å². The smallest absolute Gasteiger partial charge is 0.335 e. The summed E-state index contributed by atoms with van der Waals surface area (Å²) < 4.78 is 86.8. The van der Waals surface area contributed by atoms with Crippen molar-refractivity contribution < 1.29 is 41.3 Å². The van der Waals surface area contributed by atoms with Crippen molar-refractivity contribution >= 4 is 17.0 Å². The van der Waals surface area contributed by atoms with Gasteiger partial charge in [0.15, 0.2) is 5.82 Å². The number of fused-ring (bicyclic) bond motifs is 1. The highest BCUT2D eigenvalue weighted by Crippen LogP contribution is 2.41. The number of aromatic carboxylic acids is 1. The van der Waals surface area contributed by atoms with E-state index in [0.717, 1.165) is 30.3 Å². The maximum Gasteiger partial charge on any atom is 0.335 e. The molecule has 0 saturated carbocycles. The second-order valence-electron chi connectivity index (χ2n) is 11.8. The Kier molecular flexibility index (Phi) is 8.15. The lowest BCUT2D eigenvalue weighted by Crippen LogP contribution is -2.27. The minimum absolute atomic E-state index is 0.0464. The highest BCUT2D eigenvalue weighted by Gasteiger charge is 2.39. The molecule has 13 heteroatoms. The van der Waals surface area contributed by atoms with E-state index in [9.17, 15) is 23.1 Å². The number of nitrogens with zero attached hydrogens (tertiary/aromatic N) is 4. The molecule has 3 aromatic carbocycles. The molecular formula is C34H25F5N4O4. The molecule has 0 spiro atoms. The Labute approximate surface area is 264 Å². The number of ether oxygens (including phenoxy) is 2. The molecule has 1 aliphatic heterocycles. The fourth-order valence-corrected chi connectivity index (χ4v) is 5.62. The van der Waals surface area contributed by atoms with Gasteiger partial charge in [-0.3, -0.25) is 0 Å². The first-order valence-electron chi connectivity index (χ1n) is 14.3. The van der Waals surface area contributed by atoms with Crippen molar-refractivity contribution in [2.24, 2.45) is 5.41 Å². The number of hydrogen-bond acceptors (Lipinski definition) is 6. The molecule has 1 aliphatic rings. The molecule has 0 aliphatic carbocycles. The summed E-state index contributed by atoms with van der Waals surface area (Å²) in [7, 11) is 0. The molecule has 2 aromatic heterocycles. The van der Waals surface area contributed by atoms with E-state index in [-0.39, 0.29) is 45.8 Å². The monoisotopic (exact) mass is 648 g/mol. The minimum Gasteiger partial charge on any atom is -0.478 e. The second kappa shape index (κ2) is 12.1. The number of aromatic nitrogens is 3. The highest BCUT2D eigenvalue weighted by molar-refractivity contribution is 5.92. The van der Waals surface area contributed by atoms with Crippen molar-refractivity contribution in [1.82, 2.24) is 14.5 Å². The van der Waals surface area contributed by atoms with Crippen LogP contribution in [0.5, 0.6) is 5.88 Å². The van der Waals surface area contributed by atoms with Gasteiger partial charge < -0.3 is 19.1 Å². The predicted octanol–water partition coefficient (Wildman–Crippen LogP) is 7.13. The minimum atomic E-state index is -1.12. The van der Waals surface area contributed by atoms with Gasteiger partial charge in [0.2, 0.25) is 0 Å². The lowest BCUT2D eigenvalue weighted by atomic mass is 9.87. The van der Waals surface area contributed by atoms with Gasteiger partial charge in [-0.05, 0) is 60.2 Å². The molecule has 6 rings (SSSR count). The number of halogens is 5. The summed E-state index contributed by atoms with van der Waals surface area (Å²) in [5.41, 5.74) is -0.687. The number of rotatable bonds is 8. The molecule has 5 aromatic rings. The first-order valence-corrected chi connectivity index (χ1v) is 14.3. The maximum atomic E-state index is 15.6. The third-order valence-corrected chi connectivity index (χ3v) is 8.17. The predicted molar refractivity (Wildman–Crippen MR) is 158 cm³/mol. The number of carboxylic acids is 1. The zero-order valence-corrected chi connectivity index (χ0v) is 25.0. The lowest BCUT2D eigenvalue weighted by Gasteiger charge is -2.28. The Hall–Kier alpha value is -5.35. The van der Waals surface area contributed by atoms with Crippen molar-refractivity contribution in [2.45, 2.75) is 32.9 Å². The summed E-state index contributed by atoms with van der Waals surface area (Å²) in [5.74, 6) is -6.03. The first kappa shape index (κ1) is 31.6. The summed E-state index contributed by atoms with van der Waals surface area (Å²) in [6.45, 7) is 4.07. The summed E-state index contributed by atoms with van der Waals surface area (Å²) in [6, 6.07) is 11.0. The van der Waals surface area contributed by atoms with Gasteiger partial charge in [-0.2, -0.15) is 5.26 Å². The largest absolute Gasteiger partial charge is 0.478 e. The van der Waals surface area contributed by atoms with Crippen LogP contribution in [0.2, 0.25) is 0 Å². The molecule has 1 unspecified atom stereocenters. The van der Waals surface area contributed by atoms with Crippen LogP contribution in [0.4, 0.5) is 22.0 Å². The molecule has 1 N–H and O–H groups in total. The molecule has 0 radical (unpaired) electrons. The van der Waals surface area contributed by atoms with Gasteiger partial charge >= 0.3 is 5.97 Å². The van der Waals surface area contributed by atoms with Crippen molar-refractivity contribution in [2.75, 3.05) is 13.2 Å². The van der Waals surface area contributed by atoms with Crippen LogP contribution in [-0.4, -0.2) is 38.8 Å². The quantitative estimate of drug-likeness (QED) is 0.178. The van der Waals surface area contributed by atoms with Crippen molar-refractivity contribution in [1.29, 1.82) is 5.26 Å². The molecule has 3 heterocycles. The van der Waals surface area contributed by atoms with E-state index in [0.29, 0.717) is 36.1 Å². The third kappa shape index (κ3) is 5.99. The van der Waals surface area contributed by atoms with Crippen LogP contribution >= 0.6 is 0 Å². The topological polar surface area (TPSA) is 110 Å².